The first-order chi connectivity index (χ1) is 13.3. The lowest BCUT2D eigenvalue weighted by atomic mass is 10.0. The van der Waals surface area contributed by atoms with Crippen LogP contribution in [0.5, 0.6) is 0 Å². The number of methoxy groups -OCH3 is 2. The zero-order valence-corrected chi connectivity index (χ0v) is 17.7. The molecule has 0 spiro atoms. The van der Waals surface area contributed by atoms with Crippen LogP contribution in [0.2, 0.25) is 0 Å². The first-order valence-electron chi connectivity index (χ1n) is 9.77. The van der Waals surface area contributed by atoms with E-state index >= 15 is 0 Å². The highest BCUT2D eigenvalue weighted by Gasteiger charge is 2.35. The Hall–Kier alpha value is -2.11. The van der Waals surface area contributed by atoms with Crippen molar-refractivity contribution >= 4 is 18.2 Å². The Bertz CT molecular complexity index is 665. The Morgan fingerprint density at radius 1 is 1.04 bits per heavy atom. The predicted octanol–water partition coefficient (Wildman–Crippen LogP) is 4.91. The molecule has 5 nitrogen and oxygen atoms in total. The molecule has 1 amide bonds. The molecule has 5 heteroatoms. The summed E-state index contributed by atoms with van der Waals surface area (Å²) in [5, 5.41) is 0. The van der Waals surface area contributed by atoms with E-state index in [1.165, 1.54) is 0 Å². The van der Waals surface area contributed by atoms with Gasteiger partial charge in [0, 0.05) is 26.8 Å². The zero-order valence-electron chi connectivity index (χ0n) is 17.7. The summed E-state index contributed by atoms with van der Waals surface area (Å²) in [6.45, 7) is 7.36. The number of hydrogen-bond acceptors (Lipinski definition) is 4. The Morgan fingerprint density at radius 3 is 2.00 bits per heavy atom. The number of hydrogen-bond donors (Lipinski definition) is 0. The van der Waals surface area contributed by atoms with E-state index in [1.807, 2.05) is 50.0 Å². The SMILES string of the molecule is COCC=Cc1cc(C=CCOC)cc(CN(C(=O)OC(C)(C)C)C2CC2)c1. The zero-order chi connectivity index (χ0) is 20.6. The van der Waals surface area contributed by atoms with Crippen molar-refractivity contribution in [2.24, 2.45) is 0 Å². The van der Waals surface area contributed by atoms with Gasteiger partial charge in [-0.2, -0.15) is 0 Å². The van der Waals surface area contributed by atoms with Gasteiger partial charge in [-0.15, -0.1) is 0 Å². The van der Waals surface area contributed by atoms with E-state index in [-0.39, 0.29) is 12.1 Å². The average molecular weight is 388 g/mol. The van der Waals surface area contributed by atoms with Crippen molar-refractivity contribution in [3.8, 4) is 0 Å². The molecule has 1 aliphatic rings. The van der Waals surface area contributed by atoms with Gasteiger partial charge in [0.25, 0.3) is 0 Å². The average Bonchev–Trinajstić information content (AvgIpc) is 3.43. The van der Waals surface area contributed by atoms with Gasteiger partial charge in [0.15, 0.2) is 0 Å². The van der Waals surface area contributed by atoms with Gasteiger partial charge in [-0.1, -0.05) is 24.3 Å². The molecule has 0 aliphatic heterocycles. The van der Waals surface area contributed by atoms with Crippen LogP contribution in [-0.2, 0) is 20.8 Å². The van der Waals surface area contributed by atoms with Gasteiger partial charge >= 0.3 is 6.09 Å². The van der Waals surface area contributed by atoms with Gasteiger partial charge in [-0.25, -0.2) is 4.79 Å². The fraction of sp³-hybridized carbons (Fsp3) is 0.522. The van der Waals surface area contributed by atoms with Crippen LogP contribution in [0, 0.1) is 0 Å². The van der Waals surface area contributed by atoms with E-state index < -0.39 is 5.60 Å². The molecule has 2 rings (SSSR count). The van der Waals surface area contributed by atoms with Crippen molar-refractivity contribution in [2.75, 3.05) is 27.4 Å². The maximum absolute atomic E-state index is 12.7. The fourth-order valence-corrected chi connectivity index (χ4v) is 2.84. The standard InChI is InChI=1S/C23H33NO4/c1-23(2,3)28-22(25)24(21-10-11-21)17-20-15-18(8-6-12-26-4)14-19(16-20)9-7-13-27-5/h6-9,14-16,21H,10-13,17H2,1-5H3. The topological polar surface area (TPSA) is 48.0 Å². The first-order valence-corrected chi connectivity index (χ1v) is 9.77. The second kappa shape index (κ2) is 10.4. The van der Waals surface area contributed by atoms with E-state index in [4.69, 9.17) is 14.2 Å². The summed E-state index contributed by atoms with van der Waals surface area (Å²) in [5.74, 6) is 0. The van der Waals surface area contributed by atoms with Crippen LogP contribution in [0.15, 0.2) is 30.4 Å². The Balaban J connectivity index is 2.23. The molecule has 154 valence electrons. The molecular weight excluding hydrogens is 354 g/mol. The number of nitrogens with zero attached hydrogens (tertiary/aromatic N) is 1. The quantitative estimate of drug-likeness (QED) is 0.604. The summed E-state index contributed by atoms with van der Waals surface area (Å²) in [6.07, 6.45) is 9.86. The van der Waals surface area contributed by atoms with E-state index in [0.717, 1.165) is 29.5 Å². The molecule has 0 unspecified atom stereocenters. The molecule has 28 heavy (non-hydrogen) atoms. The molecule has 1 saturated carbocycles. The van der Waals surface area contributed by atoms with Crippen molar-refractivity contribution in [3.05, 3.63) is 47.0 Å². The highest BCUT2D eigenvalue weighted by atomic mass is 16.6. The van der Waals surface area contributed by atoms with Gasteiger partial charge in [-0.3, -0.25) is 0 Å². The number of carbonyl (C=O) groups is 1. The Kier molecular flexibility index (Phi) is 8.27. The summed E-state index contributed by atoms with van der Waals surface area (Å²) in [4.78, 5) is 14.5. The lowest BCUT2D eigenvalue weighted by molar-refractivity contribution is 0.0216. The predicted molar refractivity (Wildman–Crippen MR) is 113 cm³/mol. The van der Waals surface area contributed by atoms with Crippen LogP contribution in [0.25, 0.3) is 12.2 Å². The maximum atomic E-state index is 12.7. The molecule has 1 aromatic rings. The third-order valence-corrected chi connectivity index (χ3v) is 4.15. The van der Waals surface area contributed by atoms with Crippen molar-refractivity contribution in [2.45, 2.75) is 51.8 Å². The van der Waals surface area contributed by atoms with Crippen LogP contribution in [0.1, 0.15) is 50.3 Å². The Morgan fingerprint density at radius 2 is 1.57 bits per heavy atom. The summed E-state index contributed by atoms with van der Waals surface area (Å²) in [6, 6.07) is 6.60. The molecule has 1 fully saturated rings. The largest absolute Gasteiger partial charge is 0.444 e. The van der Waals surface area contributed by atoms with Crippen molar-refractivity contribution in [3.63, 3.8) is 0 Å². The molecule has 0 heterocycles. The van der Waals surface area contributed by atoms with E-state index in [2.05, 4.69) is 18.2 Å². The minimum Gasteiger partial charge on any atom is -0.444 e. The minimum atomic E-state index is -0.497. The number of benzene rings is 1. The fourth-order valence-electron chi connectivity index (χ4n) is 2.84. The molecule has 0 N–H and O–H groups in total. The van der Waals surface area contributed by atoms with Gasteiger partial charge in [-0.05, 0) is 68.5 Å². The van der Waals surface area contributed by atoms with Gasteiger partial charge < -0.3 is 19.1 Å². The van der Waals surface area contributed by atoms with Crippen LogP contribution in [0.4, 0.5) is 4.79 Å². The molecule has 1 aliphatic carbocycles. The van der Waals surface area contributed by atoms with Gasteiger partial charge in [0.2, 0.25) is 0 Å². The number of ether oxygens (including phenoxy) is 3. The molecule has 0 aromatic heterocycles. The van der Waals surface area contributed by atoms with Gasteiger partial charge in [0.1, 0.15) is 5.60 Å². The van der Waals surface area contributed by atoms with E-state index in [9.17, 15) is 4.79 Å². The Labute approximate surface area is 169 Å². The molecule has 0 bridgehead atoms. The lowest BCUT2D eigenvalue weighted by Crippen LogP contribution is -2.37. The summed E-state index contributed by atoms with van der Waals surface area (Å²) in [5.41, 5.74) is 2.73. The number of carbonyl (C=O) groups excluding carboxylic acids is 1. The van der Waals surface area contributed by atoms with E-state index in [0.29, 0.717) is 19.8 Å². The molecule has 1 aromatic carbocycles. The third kappa shape index (κ3) is 7.87. The summed E-state index contributed by atoms with van der Waals surface area (Å²) < 4.78 is 15.8. The number of rotatable bonds is 9. The highest BCUT2D eigenvalue weighted by molar-refractivity contribution is 5.69. The molecule has 0 atom stereocenters. The van der Waals surface area contributed by atoms with Crippen LogP contribution < -0.4 is 0 Å². The van der Waals surface area contributed by atoms with Crippen molar-refractivity contribution in [1.82, 2.24) is 4.90 Å². The highest BCUT2D eigenvalue weighted by Crippen LogP contribution is 2.30. The molecule has 0 saturated heterocycles. The first kappa shape index (κ1) is 22.2. The normalized spacial score (nSPS) is 14.8. The van der Waals surface area contributed by atoms with Gasteiger partial charge in [0.05, 0.1) is 13.2 Å². The number of amides is 1. The second-order valence-electron chi connectivity index (χ2n) is 8.06. The monoisotopic (exact) mass is 387 g/mol. The third-order valence-electron chi connectivity index (χ3n) is 4.15. The lowest BCUT2D eigenvalue weighted by Gasteiger charge is -2.27. The maximum Gasteiger partial charge on any atom is 0.410 e. The summed E-state index contributed by atoms with van der Waals surface area (Å²) in [7, 11) is 3.35. The summed E-state index contributed by atoms with van der Waals surface area (Å²) >= 11 is 0. The second-order valence-corrected chi connectivity index (χ2v) is 8.06. The van der Waals surface area contributed by atoms with Crippen LogP contribution >= 0.6 is 0 Å². The van der Waals surface area contributed by atoms with E-state index in [1.54, 1.807) is 14.2 Å². The van der Waals surface area contributed by atoms with Crippen molar-refractivity contribution < 1.29 is 19.0 Å². The molecular formula is C23H33NO4. The smallest absolute Gasteiger partial charge is 0.410 e. The van der Waals surface area contributed by atoms with Crippen molar-refractivity contribution in [1.29, 1.82) is 0 Å². The van der Waals surface area contributed by atoms with Crippen LogP contribution in [-0.4, -0.2) is 50.1 Å². The van der Waals surface area contributed by atoms with Crippen LogP contribution in [0.3, 0.4) is 0 Å². The molecule has 0 radical (unpaired) electrons. The minimum absolute atomic E-state index is 0.244.